The van der Waals surface area contributed by atoms with Crippen LogP contribution in [0.1, 0.15) is 24.0 Å². The van der Waals surface area contributed by atoms with Crippen molar-refractivity contribution in [3.63, 3.8) is 0 Å². The fourth-order valence-electron chi connectivity index (χ4n) is 2.85. The Labute approximate surface area is 121 Å². The molecular formula is C17H23N3. The van der Waals surface area contributed by atoms with Crippen LogP contribution in [0, 0.1) is 0 Å². The minimum Gasteiger partial charge on any atom is -0.358 e. The summed E-state index contributed by atoms with van der Waals surface area (Å²) in [5, 5.41) is 0. The summed E-state index contributed by atoms with van der Waals surface area (Å²) in [6, 6.07) is 9.14. The molecule has 0 amide bonds. The van der Waals surface area contributed by atoms with Crippen LogP contribution in [0.2, 0.25) is 0 Å². The fourth-order valence-corrected chi connectivity index (χ4v) is 2.85. The smallest absolute Gasteiger partial charge is 0.109 e. The second kappa shape index (κ2) is 6.71. The lowest BCUT2D eigenvalue weighted by atomic mass is 10.1. The van der Waals surface area contributed by atoms with Gasteiger partial charge in [-0.3, -0.25) is 9.89 Å². The van der Waals surface area contributed by atoms with E-state index in [0.717, 1.165) is 26.2 Å². The van der Waals surface area contributed by atoms with E-state index in [2.05, 4.69) is 45.3 Å². The number of allylic oxidation sites excluding steroid dienone is 1. The van der Waals surface area contributed by atoms with E-state index in [9.17, 15) is 0 Å². The number of likely N-dealkylation sites (tertiary alicyclic amines) is 1. The molecule has 2 heterocycles. The number of nitrogens with zero attached hydrogens (tertiary/aromatic N) is 3. The van der Waals surface area contributed by atoms with E-state index in [1.54, 1.807) is 0 Å². The maximum Gasteiger partial charge on any atom is 0.109 e. The summed E-state index contributed by atoms with van der Waals surface area (Å²) >= 11 is 0. The molecule has 1 aromatic rings. The minimum atomic E-state index is 0.795. The summed E-state index contributed by atoms with van der Waals surface area (Å²) in [5.41, 5.74) is 2.86. The summed E-state index contributed by atoms with van der Waals surface area (Å²) in [6.07, 6.45) is 9.80. The average molecular weight is 269 g/mol. The second-order valence-electron chi connectivity index (χ2n) is 5.68. The van der Waals surface area contributed by atoms with Gasteiger partial charge >= 0.3 is 0 Å². The normalized spacial score (nSPS) is 18.9. The van der Waals surface area contributed by atoms with Gasteiger partial charge in [-0.15, -0.1) is 0 Å². The maximum atomic E-state index is 4.25. The van der Waals surface area contributed by atoms with Crippen molar-refractivity contribution in [3.05, 3.63) is 47.7 Å². The molecule has 2 aliphatic rings. The molecule has 0 radical (unpaired) electrons. The molecule has 106 valence electrons. The van der Waals surface area contributed by atoms with E-state index in [1.807, 2.05) is 12.3 Å². The zero-order chi connectivity index (χ0) is 13.6. The molecule has 0 N–H and O–H groups in total. The molecule has 0 aromatic heterocycles. The van der Waals surface area contributed by atoms with Crippen LogP contribution in [0.15, 0.2) is 41.5 Å². The molecule has 0 aliphatic carbocycles. The lowest BCUT2D eigenvalue weighted by molar-refractivity contribution is 0.331. The number of rotatable bonds is 5. The Kier molecular flexibility index (Phi) is 4.49. The molecule has 0 unspecified atom stereocenters. The van der Waals surface area contributed by atoms with Gasteiger partial charge in [0.15, 0.2) is 0 Å². The lowest BCUT2D eigenvalue weighted by Gasteiger charge is -2.19. The molecule has 3 heteroatoms. The lowest BCUT2D eigenvalue weighted by Crippen LogP contribution is -2.22. The highest BCUT2D eigenvalue weighted by atomic mass is 15.2. The first-order valence-electron chi connectivity index (χ1n) is 7.61. The minimum absolute atomic E-state index is 0.795. The van der Waals surface area contributed by atoms with Crippen LogP contribution < -0.4 is 0 Å². The number of benzene rings is 1. The average Bonchev–Trinajstić information content (AvgIpc) is 3.01. The first kappa shape index (κ1) is 13.4. The quantitative estimate of drug-likeness (QED) is 0.818. The predicted octanol–water partition coefficient (Wildman–Crippen LogP) is 2.68. The standard InChI is InChI=1S/C17H23N3/c1-2-11-19(10-1)14-17-6-4-16(5-7-17)8-13-20-12-3-9-18-15-20/h3-7,9,12H,1-2,8,10-11,13-15H2. The van der Waals surface area contributed by atoms with Gasteiger partial charge in [0, 0.05) is 25.5 Å². The maximum absolute atomic E-state index is 4.25. The van der Waals surface area contributed by atoms with Crippen LogP contribution in [0.25, 0.3) is 0 Å². The van der Waals surface area contributed by atoms with Gasteiger partial charge in [-0.1, -0.05) is 24.3 Å². The summed E-state index contributed by atoms with van der Waals surface area (Å²) in [6.45, 7) is 5.49. The third-order valence-electron chi connectivity index (χ3n) is 4.07. The summed E-state index contributed by atoms with van der Waals surface area (Å²) in [5.74, 6) is 0. The van der Waals surface area contributed by atoms with E-state index in [4.69, 9.17) is 0 Å². The van der Waals surface area contributed by atoms with Gasteiger partial charge in [0.2, 0.25) is 0 Å². The van der Waals surface area contributed by atoms with Crippen LogP contribution in [0.3, 0.4) is 0 Å². The van der Waals surface area contributed by atoms with Crippen LogP contribution in [-0.4, -0.2) is 42.3 Å². The molecule has 1 fully saturated rings. The molecular weight excluding hydrogens is 246 g/mol. The zero-order valence-electron chi connectivity index (χ0n) is 12.0. The van der Waals surface area contributed by atoms with Crippen LogP contribution >= 0.6 is 0 Å². The summed E-state index contributed by atoms with van der Waals surface area (Å²) in [4.78, 5) is 9.05. The van der Waals surface area contributed by atoms with Crippen molar-refractivity contribution < 1.29 is 0 Å². The third-order valence-corrected chi connectivity index (χ3v) is 4.07. The van der Waals surface area contributed by atoms with Gasteiger partial charge in [-0.2, -0.15) is 0 Å². The SMILES string of the molecule is C1=CN(CCc2ccc(CN3CCCC3)cc2)CN=C1. The first-order chi connectivity index (χ1) is 9.90. The summed E-state index contributed by atoms with van der Waals surface area (Å²) in [7, 11) is 0. The highest BCUT2D eigenvalue weighted by Crippen LogP contribution is 2.13. The molecule has 0 spiro atoms. The molecule has 3 rings (SSSR count). The fraction of sp³-hybridized carbons (Fsp3) is 0.471. The van der Waals surface area contributed by atoms with Gasteiger partial charge in [0.05, 0.1) is 0 Å². The topological polar surface area (TPSA) is 18.8 Å². The van der Waals surface area contributed by atoms with E-state index in [1.165, 1.54) is 37.1 Å². The van der Waals surface area contributed by atoms with E-state index >= 15 is 0 Å². The Bertz CT molecular complexity index is 470. The number of hydrogen-bond acceptors (Lipinski definition) is 3. The van der Waals surface area contributed by atoms with E-state index in [0.29, 0.717) is 0 Å². The van der Waals surface area contributed by atoms with Crippen LogP contribution in [-0.2, 0) is 13.0 Å². The Morgan fingerprint density at radius 3 is 2.45 bits per heavy atom. The van der Waals surface area contributed by atoms with Crippen molar-refractivity contribution in [1.82, 2.24) is 9.80 Å². The Balaban J connectivity index is 1.48. The van der Waals surface area contributed by atoms with Gasteiger partial charge in [-0.05, 0) is 49.6 Å². The molecule has 3 nitrogen and oxygen atoms in total. The third kappa shape index (κ3) is 3.70. The molecule has 1 saturated heterocycles. The highest BCUT2D eigenvalue weighted by Gasteiger charge is 2.11. The Morgan fingerprint density at radius 1 is 1.00 bits per heavy atom. The van der Waals surface area contributed by atoms with Crippen molar-refractivity contribution in [2.24, 2.45) is 4.99 Å². The van der Waals surface area contributed by atoms with Crippen LogP contribution in [0.5, 0.6) is 0 Å². The van der Waals surface area contributed by atoms with Crippen LogP contribution in [0.4, 0.5) is 0 Å². The van der Waals surface area contributed by atoms with Crippen molar-refractivity contribution in [1.29, 1.82) is 0 Å². The van der Waals surface area contributed by atoms with Crippen molar-refractivity contribution in [3.8, 4) is 0 Å². The second-order valence-corrected chi connectivity index (χ2v) is 5.68. The van der Waals surface area contributed by atoms with Gasteiger partial charge < -0.3 is 4.90 Å². The van der Waals surface area contributed by atoms with Gasteiger partial charge in [-0.25, -0.2) is 0 Å². The number of aliphatic imine (C=N–C) groups is 1. The number of hydrogen-bond donors (Lipinski definition) is 0. The largest absolute Gasteiger partial charge is 0.358 e. The van der Waals surface area contributed by atoms with E-state index in [-0.39, 0.29) is 0 Å². The van der Waals surface area contributed by atoms with Crippen molar-refractivity contribution >= 4 is 6.21 Å². The molecule has 0 saturated carbocycles. The Hall–Kier alpha value is -1.61. The predicted molar refractivity (Wildman–Crippen MR) is 83.9 cm³/mol. The van der Waals surface area contributed by atoms with E-state index < -0.39 is 0 Å². The Morgan fingerprint density at radius 2 is 1.75 bits per heavy atom. The summed E-state index contributed by atoms with van der Waals surface area (Å²) < 4.78 is 0. The zero-order valence-corrected chi connectivity index (χ0v) is 12.0. The van der Waals surface area contributed by atoms with Gasteiger partial charge in [0.25, 0.3) is 0 Å². The molecule has 20 heavy (non-hydrogen) atoms. The molecule has 0 atom stereocenters. The van der Waals surface area contributed by atoms with Gasteiger partial charge in [0.1, 0.15) is 6.67 Å². The molecule has 0 bridgehead atoms. The molecule has 1 aromatic carbocycles. The molecule has 2 aliphatic heterocycles. The monoisotopic (exact) mass is 269 g/mol. The highest BCUT2D eigenvalue weighted by molar-refractivity contribution is 5.71. The van der Waals surface area contributed by atoms with Crippen molar-refractivity contribution in [2.75, 3.05) is 26.3 Å². The first-order valence-corrected chi connectivity index (χ1v) is 7.61. The van der Waals surface area contributed by atoms with Crippen molar-refractivity contribution in [2.45, 2.75) is 25.8 Å².